The molecule has 216 valence electrons. The Labute approximate surface area is 219 Å². The van der Waals surface area contributed by atoms with Crippen LogP contribution in [0, 0.1) is 0 Å². The molecule has 0 saturated carbocycles. The van der Waals surface area contributed by atoms with Crippen molar-refractivity contribution >= 4 is 5.97 Å². The SMILES string of the molecule is O=C(O)c1ccccc1.OCCOCCOCCOCCOCCOCCOCCOCCOCCO. The highest BCUT2D eigenvalue weighted by Gasteiger charge is 1.97. The average Bonchev–Trinajstić information content (AvgIpc) is 2.92. The molecular formula is C25H44O12. The molecular weight excluding hydrogens is 492 g/mol. The molecule has 0 radical (unpaired) electrons. The number of carboxylic acid groups (broad SMARTS) is 1. The van der Waals surface area contributed by atoms with Gasteiger partial charge in [-0.2, -0.15) is 0 Å². The lowest BCUT2D eigenvalue weighted by molar-refractivity contribution is -0.0244. The van der Waals surface area contributed by atoms with E-state index in [1.807, 2.05) is 0 Å². The number of hydrogen-bond donors (Lipinski definition) is 3. The lowest BCUT2D eigenvalue weighted by atomic mass is 10.2. The van der Waals surface area contributed by atoms with Gasteiger partial charge in [0.15, 0.2) is 0 Å². The average molecular weight is 537 g/mol. The van der Waals surface area contributed by atoms with Gasteiger partial charge < -0.3 is 53.2 Å². The molecule has 1 rings (SSSR count). The van der Waals surface area contributed by atoms with Crippen molar-refractivity contribution in [1.29, 1.82) is 0 Å². The number of aromatic carboxylic acids is 1. The quantitative estimate of drug-likeness (QED) is 0.141. The fraction of sp³-hybridized carbons (Fsp3) is 0.720. The molecule has 0 heterocycles. The van der Waals surface area contributed by atoms with Crippen molar-refractivity contribution < 1.29 is 58.0 Å². The Kier molecular flexibility index (Phi) is 29.1. The summed E-state index contributed by atoms with van der Waals surface area (Å²) in [7, 11) is 0. The van der Waals surface area contributed by atoms with E-state index < -0.39 is 5.97 Å². The van der Waals surface area contributed by atoms with Gasteiger partial charge in [-0.15, -0.1) is 0 Å². The molecule has 0 unspecified atom stereocenters. The molecule has 0 aliphatic carbocycles. The molecule has 0 fully saturated rings. The van der Waals surface area contributed by atoms with Crippen molar-refractivity contribution in [2.45, 2.75) is 0 Å². The Balaban J connectivity index is 0.00000120. The van der Waals surface area contributed by atoms with Crippen LogP contribution in [-0.4, -0.2) is 140 Å². The van der Waals surface area contributed by atoms with Gasteiger partial charge >= 0.3 is 5.97 Å². The number of carbonyl (C=O) groups is 1. The first kappa shape index (κ1) is 35.3. The highest BCUT2D eigenvalue weighted by Crippen LogP contribution is 1.96. The third-order valence-corrected chi connectivity index (χ3v) is 4.10. The molecule has 37 heavy (non-hydrogen) atoms. The molecule has 0 atom stereocenters. The summed E-state index contributed by atoms with van der Waals surface area (Å²) in [5, 5.41) is 25.4. The number of carboxylic acids is 1. The Morgan fingerprint density at radius 3 is 0.892 bits per heavy atom. The van der Waals surface area contributed by atoms with E-state index >= 15 is 0 Å². The van der Waals surface area contributed by atoms with Gasteiger partial charge in [-0.3, -0.25) is 0 Å². The van der Waals surface area contributed by atoms with Crippen LogP contribution in [-0.2, 0) is 37.9 Å². The van der Waals surface area contributed by atoms with Crippen molar-refractivity contribution in [2.24, 2.45) is 0 Å². The lowest BCUT2D eigenvalue weighted by Crippen LogP contribution is -2.15. The van der Waals surface area contributed by atoms with Crippen molar-refractivity contribution in [2.75, 3.05) is 119 Å². The highest BCUT2D eigenvalue weighted by atomic mass is 16.6. The Morgan fingerprint density at radius 1 is 0.459 bits per heavy atom. The predicted octanol–water partition coefficient (Wildman–Crippen LogP) is 0.489. The van der Waals surface area contributed by atoms with Crippen LogP contribution in [0.4, 0.5) is 0 Å². The molecule has 0 saturated heterocycles. The minimum Gasteiger partial charge on any atom is -0.478 e. The summed E-state index contributed by atoms with van der Waals surface area (Å²) in [4.78, 5) is 10.2. The molecule has 0 aromatic heterocycles. The highest BCUT2D eigenvalue weighted by molar-refractivity contribution is 5.87. The summed E-state index contributed by atoms with van der Waals surface area (Å²) < 4.78 is 42.2. The van der Waals surface area contributed by atoms with Crippen LogP contribution in [0.5, 0.6) is 0 Å². The first-order chi connectivity index (χ1) is 18.2. The smallest absolute Gasteiger partial charge is 0.335 e. The summed E-state index contributed by atoms with van der Waals surface area (Å²) in [5.74, 6) is -0.879. The van der Waals surface area contributed by atoms with Crippen molar-refractivity contribution in [3.05, 3.63) is 35.9 Å². The largest absolute Gasteiger partial charge is 0.478 e. The van der Waals surface area contributed by atoms with Gasteiger partial charge in [-0.25, -0.2) is 4.79 Å². The fourth-order valence-electron chi connectivity index (χ4n) is 2.35. The first-order valence-corrected chi connectivity index (χ1v) is 12.3. The molecule has 3 N–H and O–H groups in total. The van der Waals surface area contributed by atoms with E-state index in [4.69, 9.17) is 53.2 Å². The third kappa shape index (κ3) is 28.7. The zero-order valence-electron chi connectivity index (χ0n) is 21.6. The van der Waals surface area contributed by atoms with Crippen LogP contribution in [0.25, 0.3) is 0 Å². The minimum atomic E-state index is -0.879. The zero-order valence-corrected chi connectivity index (χ0v) is 21.6. The number of rotatable bonds is 26. The predicted molar refractivity (Wildman–Crippen MR) is 134 cm³/mol. The maximum absolute atomic E-state index is 10.2. The van der Waals surface area contributed by atoms with E-state index in [0.29, 0.717) is 111 Å². The van der Waals surface area contributed by atoms with Crippen molar-refractivity contribution in [3.63, 3.8) is 0 Å². The molecule has 0 spiro atoms. The summed E-state index contributed by atoms with van der Waals surface area (Å²) >= 11 is 0. The minimum absolute atomic E-state index is 0.0294. The maximum atomic E-state index is 10.2. The summed E-state index contributed by atoms with van der Waals surface area (Å²) in [6.45, 7) is 7.79. The van der Waals surface area contributed by atoms with Gasteiger partial charge in [0.05, 0.1) is 124 Å². The van der Waals surface area contributed by atoms with E-state index in [-0.39, 0.29) is 13.2 Å². The van der Waals surface area contributed by atoms with Crippen LogP contribution < -0.4 is 0 Å². The van der Waals surface area contributed by atoms with E-state index in [1.165, 1.54) is 0 Å². The van der Waals surface area contributed by atoms with E-state index in [2.05, 4.69) is 0 Å². The number of aliphatic hydroxyl groups excluding tert-OH is 2. The standard InChI is InChI=1S/C18H38O10.C7H6O2/c19-1-3-21-5-7-23-9-11-25-13-15-27-17-18-28-16-14-26-12-10-24-8-6-22-4-2-20;8-7(9)6-4-2-1-3-5-6/h19-20H,1-18H2;1-5H,(H,8,9). The lowest BCUT2D eigenvalue weighted by Gasteiger charge is -2.08. The second-order valence-corrected chi connectivity index (χ2v) is 7.02. The number of benzene rings is 1. The molecule has 12 heteroatoms. The maximum Gasteiger partial charge on any atom is 0.335 e. The zero-order chi connectivity index (χ0) is 27.1. The second kappa shape index (κ2) is 30.5. The summed E-state index contributed by atoms with van der Waals surface area (Å²) in [6.07, 6.45) is 0. The summed E-state index contributed by atoms with van der Waals surface area (Å²) in [6, 6.07) is 8.30. The second-order valence-electron chi connectivity index (χ2n) is 7.02. The van der Waals surface area contributed by atoms with Gasteiger partial charge in [-0.05, 0) is 12.1 Å². The number of ether oxygens (including phenoxy) is 8. The van der Waals surface area contributed by atoms with E-state index in [0.717, 1.165) is 0 Å². The molecule has 1 aromatic rings. The van der Waals surface area contributed by atoms with Crippen LogP contribution in [0.2, 0.25) is 0 Å². The molecule has 0 aliphatic rings. The van der Waals surface area contributed by atoms with Gasteiger partial charge in [-0.1, -0.05) is 18.2 Å². The van der Waals surface area contributed by atoms with Crippen LogP contribution >= 0.6 is 0 Å². The van der Waals surface area contributed by atoms with Crippen LogP contribution in [0.15, 0.2) is 30.3 Å². The fourth-order valence-corrected chi connectivity index (χ4v) is 2.35. The number of hydrogen-bond acceptors (Lipinski definition) is 11. The Hall–Kier alpha value is -1.71. The topological polar surface area (TPSA) is 152 Å². The summed E-state index contributed by atoms with van der Waals surface area (Å²) in [5.41, 5.74) is 0.331. The molecule has 0 amide bonds. The molecule has 12 nitrogen and oxygen atoms in total. The van der Waals surface area contributed by atoms with Crippen LogP contribution in [0.3, 0.4) is 0 Å². The van der Waals surface area contributed by atoms with Gasteiger partial charge in [0.2, 0.25) is 0 Å². The third-order valence-electron chi connectivity index (χ3n) is 4.10. The number of aliphatic hydroxyl groups is 2. The van der Waals surface area contributed by atoms with Gasteiger partial charge in [0, 0.05) is 0 Å². The molecule has 0 aliphatic heterocycles. The van der Waals surface area contributed by atoms with Crippen molar-refractivity contribution in [3.8, 4) is 0 Å². The monoisotopic (exact) mass is 536 g/mol. The van der Waals surface area contributed by atoms with Crippen LogP contribution in [0.1, 0.15) is 10.4 Å². The molecule has 0 bridgehead atoms. The van der Waals surface area contributed by atoms with Gasteiger partial charge in [0.25, 0.3) is 0 Å². The molecule has 1 aromatic carbocycles. The van der Waals surface area contributed by atoms with Gasteiger partial charge in [0.1, 0.15) is 0 Å². The Morgan fingerprint density at radius 2 is 0.703 bits per heavy atom. The first-order valence-electron chi connectivity index (χ1n) is 12.3. The van der Waals surface area contributed by atoms with E-state index in [9.17, 15) is 4.79 Å². The normalized spacial score (nSPS) is 10.8. The Bertz CT molecular complexity index is 550. The van der Waals surface area contributed by atoms with E-state index in [1.54, 1.807) is 30.3 Å². The van der Waals surface area contributed by atoms with Crippen molar-refractivity contribution in [1.82, 2.24) is 0 Å².